The number of amides is 1. The van der Waals surface area contributed by atoms with Crippen LogP contribution in [0.15, 0.2) is 53.6 Å². The van der Waals surface area contributed by atoms with Gasteiger partial charge in [0.2, 0.25) is 11.0 Å². The molecule has 0 saturated heterocycles. The van der Waals surface area contributed by atoms with Crippen LogP contribution in [0.4, 0.5) is 5.13 Å². The Labute approximate surface area is 143 Å². The molecule has 1 aliphatic rings. The summed E-state index contributed by atoms with van der Waals surface area (Å²) in [5.41, 5.74) is 2.77. The van der Waals surface area contributed by atoms with Gasteiger partial charge in [-0.2, -0.15) is 10.1 Å². The Hall–Kier alpha value is -2.73. The van der Waals surface area contributed by atoms with Crippen LogP contribution >= 0.6 is 11.3 Å². The highest BCUT2D eigenvalue weighted by molar-refractivity contribution is 7.22. The third kappa shape index (κ3) is 2.65. The van der Waals surface area contributed by atoms with Crippen molar-refractivity contribution in [2.24, 2.45) is 5.10 Å². The summed E-state index contributed by atoms with van der Waals surface area (Å²) in [5, 5.41) is 6.62. The second kappa shape index (κ2) is 6.05. The lowest BCUT2D eigenvalue weighted by Crippen LogP contribution is -2.31. The summed E-state index contributed by atoms with van der Waals surface area (Å²) in [5.74, 6) is 0.778. The lowest BCUT2D eigenvalue weighted by atomic mass is 10.0. The number of anilines is 1. The molecule has 4 rings (SSSR count). The molecule has 0 bridgehead atoms. The number of benzene rings is 2. The van der Waals surface area contributed by atoms with Crippen molar-refractivity contribution in [2.75, 3.05) is 12.1 Å². The van der Waals surface area contributed by atoms with Crippen molar-refractivity contribution < 1.29 is 9.53 Å². The quantitative estimate of drug-likeness (QED) is 0.730. The van der Waals surface area contributed by atoms with Crippen LogP contribution in [-0.2, 0) is 4.79 Å². The van der Waals surface area contributed by atoms with Gasteiger partial charge in [0.25, 0.3) is 0 Å². The molecule has 0 saturated carbocycles. The van der Waals surface area contributed by atoms with E-state index >= 15 is 0 Å². The Morgan fingerprint density at radius 1 is 1.08 bits per heavy atom. The average Bonchev–Trinajstić information content (AvgIpc) is 3.06. The molecule has 1 aliphatic heterocycles. The third-order valence-corrected chi connectivity index (χ3v) is 4.93. The molecule has 0 aliphatic carbocycles. The minimum absolute atomic E-state index is 0.0219. The fraction of sp³-hybridized carbons (Fsp3) is 0.167. The van der Waals surface area contributed by atoms with Crippen LogP contribution in [0.1, 0.15) is 18.4 Å². The zero-order chi connectivity index (χ0) is 16.5. The summed E-state index contributed by atoms with van der Waals surface area (Å²) in [4.78, 5) is 16.9. The number of hydrogen-bond acceptors (Lipinski definition) is 5. The fourth-order valence-corrected chi connectivity index (χ4v) is 3.58. The lowest BCUT2D eigenvalue weighted by molar-refractivity contribution is -0.118. The molecule has 0 N–H and O–H groups in total. The van der Waals surface area contributed by atoms with Gasteiger partial charge in [-0.1, -0.05) is 23.5 Å². The van der Waals surface area contributed by atoms with Crippen molar-refractivity contribution in [2.45, 2.75) is 12.8 Å². The number of methoxy groups -OCH3 is 1. The van der Waals surface area contributed by atoms with Crippen LogP contribution in [0.25, 0.3) is 10.2 Å². The smallest absolute Gasteiger partial charge is 0.249 e. The summed E-state index contributed by atoms with van der Waals surface area (Å²) in [6, 6.07) is 15.6. The minimum atomic E-state index is -0.0219. The number of ether oxygens (including phenoxy) is 1. The number of aromatic nitrogens is 1. The predicted molar refractivity (Wildman–Crippen MR) is 95.9 cm³/mol. The molecular formula is C18H15N3O2S. The largest absolute Gasteiger partial charge is 0.497 e. The number of hydrogen-bond donors (Lipinski definition) is 0. The first-order valence-electron chi connectivity index (χ1n) is 7.65. The van der Waals surface area contributed by atoms with Crippen LogP contribution in [0, 0.1) is 0 Å². The van der Waals surface area contributed by atoms with Crippen molar-refractivity contribution in [3.63, 3.8) is 0 Å². The van der Waals surface area contributed by atoms with E-state index in [1.165, 1.54) is 16.3 Å². The Morgan fingerprint density at radius 3 is 2.62 bits per heavy atom. The Bertz CT molecular complexity index is 898. The van der Waals surface area contributed by atoms with Crippen LogP contribution in [0.2, 0.25) is 0 Å². The Kier molecular flexibility index (Phi) is 3.74. The Morgan fingerprint density at radius 2 is 1.88 bits per heavy atom. The summed E-state index contributed by atoms with van der Waals surface area (Å²) in [6.07, 6.45) is 1.06. The highest BCUT2D eigenvalue weighted by Crippen LogP contribution is 2.31. The highest BCUT2D eigenvalue weighted by atomic mass is 32.1. The standard InChI is InChI=1S/C18H15N3O2S/c1-23-13-8-6-12(7-9-13)14-10-11-17(22)21(20-14)18-19-15-4-2-3-5-16(15)24-18/h2-9H,10-11H2,1H3. The van der Waals surface area contributed by atoms with Crippen molar-refractivity contribution >= 4 is 38.3 Å². The van der Waals surface area contributed by atoms with E-state index in [1.807, 2.05) is 48.5 Å². The highest BCUT2D eigenvalue weighted by Gasteiger charge is 2.25. The second-order valence-electron chi connectivity index (χ2n) is 5.44. The number of nitrogens with zero attached hydrogens (tertiary/aromatic N) is 3. The number of rotatable bonds is 3. The normalized spacial score (nSPS) is 14.8. The zero-order valence-electron chi connectivity index (χ0n) is 13.1. The van der Waals surface area contributed by atoms with E-state index < -0.39 is 0 Å². The monoisotopic (exact) mass is 337 g/mol. The first-order chi connectivity index (χ1) is 11.7. The van der Waals surface area contributed by atoms with Crippen LogP contribution < -0.4 is 9.75 Å². The molecule has 1 amide bonds. The SMILES string of the molecule is COc1ccc(C2=NN(c3nc4ccccc4s3)C(=O)CC2)cc1. The van der Waals surface area contributed by atoms with Gasteiger partial charge >= 0.3 is 0 Å². The first kappa shape index (κ1) is 14.8. The van der Waals surface area contributed by atoms with Gasteiger partial charge in [0, 0.05) is 12.8 Å². The molecule has 5 nitrogen and oxygen atoms in total. The van der Waals surface area contributed by atoms with Crippen LogP contribution in [0.3, 0.4) is 0 Å². The second-order valence-corrected chi connectivity index (χ2v) is 6.45. The number of hydrazone groups is 1. The number of thiazole rings is 1. The van der Waals surface area contributed by atoms with Gasteiger partial charge in [-0.25, -0.2) is 4.98 Å². The molecule has 0 fully saturated rings. The average molecular weight is 337 g/mol. The van der Waals surface area contributed by atoms with E-state index in [4.69, 9.17) is 4.74 Å². The summed E-state index contributed by atoms with van der Waals surface area (Å²) in [7, 11) is 1.64. The molecule has 0 spiro atoms. The molecule has 1 aromatic heterocycles. The maximum absolute atomic E-state index is 12.3. The molecule has 24 heavy (non-hydrogen) atoms. The predicted octanol–water partition coefficient (Wildman–Crippen LogP) is 3.84. The maximum Gasteiger partial charge on any atom is 0.249 e. The Balaban J connectivity index is 1.71. The molecule has 2 aromatic carbocycles. The fourth-order valence-electron chi connectivity index (χ4n) is 2.64. The molecule has 0 atom stereocenters. The molecule has 120 valence electrons. The minimum Gasteiger partial charge on any atom is -0.497 e. The van der Waals surface area contributed by atoms with Crippen molar-refractivity contribution in [1.29, 1.82) is 0 Å². The molecule has 2 heterocycles. The van der Waals surface area contributed by atoms with E-state index in [9.17, 15) is 4.79 Å². The zero-order valence-corrected chi connectivity index (χ0v) is 13.9. The van der Waals surface area contributed by atoms with E-state index in [1.54, 1.807) is 7.11 Å². The molecule has 0 radical (unpaired) electrons. The summed E-state index contributed by atoms with van der Waals surface area (Å²) < 4.78 is 6.23. The van der Waals surface area contributed by atoms with Gasteiger partial charge in [0.05, 0.1) is 23.0 Å². The van der Waals surface area contributed by atoms with E-state index in [0.29, 0.717) is 18.0 Å². The van der Waals surface area contributed by atoms with Crippen molar-refractivity contribution in [1.82, 2.24) is 4.98 Å². The van der Waals surface area contributed by atoms with Gasteiger partial charge in [-0.3, -0.25) is 4.79 Å². The molecular weight excluding hydrogens is 322 g/mol. The van der Waals surface area contributed by atoms with Crippen molar-refractivity contribution in [3.8, 4) is 5.75 Å². The van der Waals surface area contributed by atoms with Gasteiger partial charge in [0.1, 0.15) is 5.75 Å². The topological polar surface area (TPSA) is 54.8 Å². The number of carbonyl (C=O) groups is 1. The van der Waals surface area contributed by atoms with Gasteiger partial charge in [0.15, 0.2) is 0 Å². The molecule has 3 aromatic rings. The van der Waals surface area contributed by atoms with E-state index in [2.05, 4.69) is 10.1 Å². The van der Waals surface area contributed by atoms with Crippen LogP contribution in [-0.4, -0.2) is 23.7 Å². The molecule has 0 unspecified atom stereocenters. The van der Waals surface area contributed by atoms with Crippen molar-refractivity contribution in [3.05, 3.63) is 54.1 Å². The van der Waals surface area contributed by atoms with E-state index in [-0.39, 0.29) is 5.91 Å². The van der Waals surface area contributed by atoms with Gasteiger partial charge in [-0.15, -0.1) is 0 Å². The van der Waals surface area contributed by atoms with Crippen LogP contribution in [0.5, 0.6) is 5.75 Å². The molecule has 6 heteroatoms. The van der Waals surface area contributed by atoms with Gasteiger partial charge in [-0.05, 0) is 42.0 Å². The number of fused-ring (bicyclic) bond motifs is 1. The van der Waals surface area contributed by atoms with E-state index in [0.717, 1.165) is 27.2 Å². The van der Waals surface area contributed by atoms with Gasteiger partial charge < -0.3 is 4.74 Å². The first-order valence-corrected chi connectivity index (χ1v) is 8.47. The third-order valence-electron chi connectivity index (χ3n) is 3.92. The number of carbonyl (C=O) groups excluding carboxylic acids is 1. The maximum atomic E-state index is 12.3. The lowest BCUT2D eigenvalue weighted by Gasteiger charge is -2.21. The number of para-hydroxylation sites is 1. The summed E-state index contributed by atoms with van der Waals surface area (Å²) >= 11 is 1.48. The summed E-state index contributed by atoms with van der Waals surface area (Å²) in [6.45, 7) is 0.